The van der Waals surface area contributed by atoms with Gasteiger partial charge in [-0.15, -0.1) is 0 Å². The Bertz CT molecular complexity index is 762. The minimum atomic E-state index is -0.402. The van der Waals surface area contributed by atoms with E-state index in [0.29, 0.717) is 6.54 Å². The zero-order valence-corrected chi connectivity index (χ0v) is 12.6. The lowest BCUT2D eigenvalue weighted by molar-refractivity contribution is -0.384. The second-order valence-corrected chi connectivity index (χ2v) is 6.18. The van der Waals surface area contributed by atoms with Gasteiger partial charge in [-0.25, -0.2) is 0 Å². The summed E-state index contributed by atoms with van der Waals surface area (Å²) in [5.74, 6) is 0.373. The molecule has 1 atom stereocenters. The van der Waals surface area contributed by atoms with E-state index < -0.39 is 4.92 Å². The number of hydrogen-bond acceptors (Lipinski definition) is 3. The van der Waals surface area contributed by atoms with E-state index in [9.17, 15) is 14.9 Å². The van der Waals surface area contributed by atoms with Crippen molar-refractivity contribution in [2.24, 2.45) is 5.92 Å². The van der Waals surface area contributed by atoms with Gasteiger partial charge in [0.1, 0.15) is 0 Å². The molecule has 1 aromatic heterocycles. The fraction of sp³-hybridized carbons (Fsp3) is 0.353. The number of amides is 1. The molecular formula is C17H17N3O3. The van der Waals surface area contributed by atoms with Crippen molar-refractivity contribution in [1.29, 1.82) is 0 Å². The van der Waals surface area contributed by atoms with Gasteiger partial charge in [-0.05, 0) is 42.7 Å². The summed E-state index contributed by atoms with van der Waals surface area (Å²) in [5.41, 5.74) is 2.06. The maximum atomic E-state index is 12.7. The van der Waals surface area contributed by atoms with Crippen LogP contribution in [-0.4, -0.2) is 26.8 Å². The maximum absolute atomic E-state index is 12.7. The summed E-state index contributed by atoms with van der Waals surface area (Å²) in [7, 11) is 0. The first-order chi connectivity index (χ1) is 11.1. The molecule has 1 amide bonds. The molecule has 6 heteroatoms. The average molecular weight is 311 g/mol. The molecule has 0 radical (unpaired) electrons. The highest BCUT2D eigenvalue weighted by Crippen LogP contribution is 2.38. The Morgan fingerprint density at radius 1 is 1.13 bits per heavy atom. The molecular weight excluding hydrogens is 294 g/mol. The van der Waals surface area contributed by atoms with E-state index in [1.54, 1.807) is 12.1 Å². The number of carbonyl (C=O) groups excluding carboxylic acids is 1. The number of nitro benzene ring substituents is 1. The Kier molecular flexibility index (Phi) is 3.18. The number of benzene rings is 1. The zero-order chi connectivity index (χ0) is 16.0. The molecule has 118 valence electrons. The molecule has 0 spiro atoms. The Morgan fingerprint density at radius 2 is 1.87 bits per heavy atom. The number of rotatable bonds is 3. The van der Waals surface area contributed by atoms with Crippen molar-refractivity contribution in [3.63, 3.8) is 0 Å². The van der Waals surface area contributed by atoms with E-state index in [2.05, 4.69) is 4.57 Å². The summed E-state index contributed by atoms with van der Waals surface area (Å²) >= 11 is 0. The molecule has 2 aliphatic rings. The molecule has 1 aliphatic carbocycles. The van der Waals surface area contributed by atoms with Crippen LogP contribution in [0.4, 0.5) is 5.69 Å². The van der Waals surface area contributed by atoms with Crippen LogP contribution in [0.1, 0.15) is 30.1 Å². The molecule has 0 unspecified atom stereocenters. The lowest BCUT2D eigenvalue weighted by atomic mass is 9.99. The third-order valence-corrected chi connectivity index (χ3v) is 4.67. The maximum Gasteiger partial charge on any atom is 0.269 e. The van der Waals surface area contributed by atoms with Gasteiger partial charge < -0.3 is 9.47 Å². The quantitative estimate of drug-likeness (QED) is 0.646. The van der Waals surface area contributed by atoms with Crippen LogP contribution in [0.5, 0.6) is 0 Å². The van der Waals surface area contributed by atoms with Gasteiger partial charge in [-0.1, -0.05) is 0 Å². The van der Waals surface area contributed by atoms with Crippen molar-refractivity contribution in [2.75, 3.05) is 6.54 Å². The molecule has 1 saturated carbocycles. The average Bonchev–Trinajstić information content (AvgIpc) is 3.30. The summed E-state index contributed by atoms with van der Waals surface area (Å²) in [4.78, 5) is 25.0. The summed E-state index contributed by atoms with van der Waals surface area (Å²) in [6.07, 6.45) is 3.97. The van der Waals surface area contributed by atoms with Crippen LogP contribution in [0.25, 0.3) is 0 Å². The van der Waals surface area contributed by atoms with Crippen LogP contribution in [-0.2, 0) is 11.3 Å². The minimum absolute atomic E-state index is 0.0695. The van der Waals surface area contributed by atoms with E-state index in [1.165, 1.54) is 12.1 Å². The van der Waals surface area contributed by atoms with Gasteiger partial charge >= 0.3 is 0 Å². The molecule has 0 N–H and O–H groups in total. The number of non-ortho nitro benzene ring substituents is 1. The molecule has 1 aromatic carbocycles. The van der Waals surface area contributed by atoms with Gasteiger partial charge in [0.25, 0.3) is 5.69 Å². The van der Waals surface area contributed by atoms with Crippen LogP contribution >= 0.6 is 0 Å². The van der Waals surface area contributed by atoms with Crippen molar-refractivity contribution in [1.82, 2.24) is 9.47 Å². The second kappa shape index (κ2) is 5.22. The number of nitrogens with zero attached hydrogens (tertiary/aromatic N) is 3. The Hall–Kier alpha value is -2.63. The van der Waals surface area contributed by atoms with Gasteiger partial charge in [0.05, 0.1) is 11.0 Å². The molecule has 0 saturated heterocycles. The molecule has 23 heavy (non-hydrogen) atoms. The summed E-state index contributed by atoms with van der Waals surface area (Å²) in [5, 5.41) is 10.9. The highest BCUT2D eigenvalue weighted by Gasteiger charge is 2.39. The smallest absolute Gasteiger partial charge is 0.269 e. The molecule has 1 fully saturated rings. The van der Waals surface area contributed by atoms with E-state index in [1.807, 2.05) is 23.2 Å². The number of nitro groups is 1. The minimum Gasteiger partial charge on any atom is -0.348 e. The van der Waals surface area contributed by atoms with Crippen molar-refractivity contribution < 1.29 is 9.72 Å². The van der Waals surface area contributed by atoms with Gasteiger partial charge in [-0.3, -0.25) is 14.9 Å². The zero-order valence-electron chi connectivity index (χ0n) is 12.6. The molecule has 1 aliphatic heterocycles. The number of aromatic nitrogens is 1. The highest BCUT2D eigenvalue weighted by molar-refractivity contribution is 5.82. The van der Waals surface area contributed by atoms with Gasteiger partial charge in [-0.2, -0.15) is 0 Å². The fourth-order valence-corrected chi connectivity index (χ4v) is 3.31. The highest BCUT2D eigenvalue weighted by atomic mass is 16.6. The first kappa shape index (κ1) is 14.0. The summed E-state index contributed by atoms with van der Waals surface area (Å²) in [6.45, 7) is 1.48. The number of carbonyl (C=O) groups is 1. The first-order valence-electron chi connectivity index (χ1n) is 7.85. The summed E-state index contributed by atoms with van der Waals surface area (Å²) in [6, 6.07) is 10.4. The first-order valence-corrected chi connectivity index (χ1v) is 7.85. The normalized spacial score (nSPS) is 20.2. The molecule has 2 heterocycles. The van der Waals surface area contributed by atoms with Crippen molar-refractivity contribution >= 4 is 11.6 Å². The van der Waals surface area contributed by atoms with E-state index in [-0.39, 0.29) is 23.6 Å². The predicted octanol–water partition coefficient (Wildman–Crippen LogP) is 2.74. The van der Waals surface area contributed by atoms with E-state index in [4.69, 9.17) is 0 Å². The molecule has 6 nitrogen and oxygen atoms in total. The fourth-order valence-electron chi connectivity index (χ4n) is 3.31. The standard InChI is InChI=1S/C17H17N3O3/c21-17(13-3-4-13)19-11-10-18-9-1-2-15(18)16(19)12-5-7-14(8-6-12)20(22)23/h1-2,5-9,13,16H,3-4,10-11H2/t16-/m1/s1. The lowest BCUT2D eigenvalue weighted by Crippen LogP contribution is -2.43. The number of fused-ring (bicyclic) bond motifs is 1. The van der Waals surface area contributed by atoms with Gasteiger partial charge in [0, 0.05) is 43.0 Å². The van der Waals surface area contributed by atoms with E-state index >= 15 is 0 Å². The van der Waals surface area contributed by atoms with Crippen molar-refractivity contribution in [2.45, 2.75) is 25.4 Å². The Morgan fingerprint density at radius 3 is 2.52 bits per heavy atom. The molecule has 2 aromatic rings. The monoisotopic (exact) mass is 311 g/mol. The Labute approximate surface area is 133 Å². The largest absolute Gasteiger partial charge is 0.348 e. The van der Waals surface area contributed by atoms with Crippen LogP contribution in [0.15, 0.2) is 42.6 Å². The van der Waals surface area contributed by atoms with Gasteiger partial charge in [0.2, 0.25) is 5.91 Å². The van der Waals surface area contributed by atoms with Crippen molar-refractivity contribution in [3.8, 4) is 0 Å². The lowest BCUT2D eigenvalue weighted by Gasteiger charge is -2.37. The van der Waals surface area contributed by atoms with Crippen LogP contribution in [0, 0.1) is 16.0 Å². The van der Waals surface area contributed by atoms with Crippen LogP contribution in [0.3, 0.4) is 0 Å². The predicted molar refractivity (Wildman–Crippen MR) is 83.8 cm³/mol. The topological polar surface area (TPSA) is 68.4 Å². The Balaban J connectivity index is 1.74. The van der Waals surface area contributed by atoms with Crippen molar-refractivity contribution in [3.05, 3.63) is 64.0 Å². The van der Waals surface area contributed by atoms with Crippen LogP contribution < -0.4 is 0 Å². The van der Waals surface area contributed by atoms with Crippen LogP contribution in [0.2, 0.25) is 0 Å². The summed E-state index contributed by atoms with van der Waals surface area (Å²) < 4.78 is 2.16. The molecule has 0 bridgehead atoms. The SMILES string of the molecule is O=C(C1CC1)N1CCn2cccc2[C@H]1c1ccc([N+](=O)[O-])cc1. The molecule has 4 rings (SSSR count). The third kappa shape index (κ3) is 2.40. The third-order valence-electron chi connectivity index (χ3n) is 4.67. The second-order valence-electron chi connectivity index (χ2n) is 6.18. The van der Waals surface area contributed by atoms with Gasteiger partial charge in [0.15, 0.2) is 0 Å². The van der Waals surface area contributed by atoms with E-state index in [0.717, 1.165) is 30.6 Å². The number of hydrogen-bond donors (Lipinski definition) is 0.